The summed E-state index contributed by atoms with van der Waals surface area (Å²) in [5.41, 5.74) is 1.54. The smallest absolute Gasteiger partial charge is 0.255 e. The van der Waals surface area contributed by atoms with Crippen LogP contribution in [0.4, 0.5) is 5.69 Å². The number of hydrogen-bond acceptors (Lipinski definition) is 3. The fourth-order valence-electron chi connectivity index (χ4n) is 2.09. The highest BCUT2D eigenvalue weighted by Crippen LogP contribution is 2.23. The van der Waals surface area contributed by atoms with Crippen molar-refractivity contribution >= 4 is 23.2 Å². The van der Waals surface area contributed by atoms with E-state index in [1.165, 1.54) is 0 Å². The number of carbonyl (C=O) groups is 1. The van der Waals surface area contributed by atoms with E-state index in [9.17, 15) is 4.79 Å². The second-order valence-electron chi connectivity index (χ2n) is 4.67. The molecular weight excluding hydrogens is 262 g/mol. The number of amides is 1. The molecule has 0 bridgehead atoms. The van der Waals surface area contributed by atoms with E-state index in [2.05, 4.69) is 10.6 Å². The molecule has 0 aliphatic carbocycles. The standard InChI is InChI=1S/C14H20ClN3O/c1-3-18(4-2)14(19)12-6-5-10(7-13(12)15)17-11-8-16-9-11/h5-7,11,16-17H,3-4,8-9H2,1-2H3. The number of halogens is 1. The van der Waals surface area contributed by atoms with E-state index in [-0.39, 0.29) is 5.91 Å². The molecule has 1 amide bonds. The van der Waals surface area contributed by atoms with Gasteiger partial charge < -0.3 is 15.5 Å². The minimum atomic E-state index is -0.00754. The summed E-state index contributed by atoms with van der Waals surface area (Å²) in [7, 11) is 0. The summed E-state index contributed by atoms with van der Waals surface area (Å²) in [6, 6.07) is 6.01. The molecule has 0 atom stereocenters. The van der Waals surface area contributed by atoms with Crippen LogP contribution in [-0.4, -0.2) is 43.0 Å². The quantitative estimate of drug-likeness (QED) is 0.870. The van der Waals surface area contributed by atoms with Crippen LogP contribution >= 0.6 is 11.6 Å². The second kappa shape index (κ2) is 6.26. The molecule has 0 aromatic heterocycles. The van der Waals surface area contributed by atoms with Crippen LogP contribution in [0.15, 0.2) is 18.2 Å². The summed E-state index contributed by atoms with van der Waals surface area (Å²) in [5, 5.41) is 7.08. The van der Waals surface area contributed by atoms with Gasteiger partial charge in [0.1, 0.15) is 0 Å². The summed E-state index contributed by atoms with van der Waals surface area (Å²) >= 11 is 6.22. The third-order valence-corrected chi connectivity index (χ3v) is 3.72. The zero-order valence-corrected chi connectivity index (χ0v) is 12.1. The van der Waals surface area contributed by atoms with Crippen LogP contribution in [0.1, 0.15) is 24.2 Å². The number of benzene rings is 1. The maximum absolute atomic E-state index is 12.2. The Hall–Kier alpha value is -1.26. The second-order valence-corrected chi connectivity index (χ2v) is 5.08. The van der Waals surface area contributed by atoms with Crippen molar-refractivity contribution in [1.29, 1.82) is 0 Å². The molecule has 1 aliphatic heterocycles. The predicted molar refractivity (Wildman–Crippen MR) is 79.0 cm³/mol. The molecule has 19 heavy (non-hydrogen) atoms. The van der Waals surface area contributed by atoms with Crippen LogP contribution in [0.5, 0.6) is 0 Å². The molecule has 1 aromatic carbocycles. The fraction of sp³-hybridized carbons (Fsp3) is 0.500. The van der Waals surface area contributed by atoms with Gasteiger partial charge in [-0.3, -0.25) is 4.79 Å². The largest absolute Gasteiger partial charge is 0.380 e. The average molecular weight is 282 g/mol. The molecule has 2 rings (SSSR count). The summed E-state index contributed by atoms with van der Waals surface area (Å²) in [4.78, 5) is 14.0. The summed E-state index contributed by atoms with van der Waals surface area (Å²) in [6.07, 6.45) is 0. The predicted octanol–water partition coefficient (Wildman–Crippen LogP) is 2.21. The van der Waals surface area contributed by atoms with Crippen molar-refractivity contribution in [3.8, 4) is 0 Å². The first kappa shape index (κ1) is 14.2. The molecule has 104 valence electrons. The molecule has 0 radical (unpaired) electrons. The highest BCUT2D eigenvalue weighted by molar-refractivity contribution is 6.34. The highest BCUT2D eigenvalue weighted by atomic mass is 35.5. The van der Waals surface area contributed by atoms with E-state index in [1.807, 2.05) is 26.0 Å². The summed E-state index contributed by atoms with van der Waals surface area (Å²) < 4.78 is 0. The van der Waals surface area contributed by atoms with Gasteiger partial charge in [-0.25, -0.2) is 0 Å². The van der Waals surface area contributed by atoms with Gasteiger partial charge in [0.05, 0.1) is 16.6 Å². The Morgan fingerprint density at radius 3 is 2.58 bits per heavy atom. The first-order chi connectivity index (χ1) is 9.15. The van der Waals surface area contributed by atoms with Crippen LogP contribution in [0.2, 0.25) is 5.02 Å². The van der Waals surface area contributed by atoms with Gasteiger partial charge in [-0.05, 0) is 32.0 Å². The number of nitrogens with zero attached hydrogens (tertiary/aromatic N) is 1. The molecule has 5 heteroatoms. The lowest BCUT2D eigenvalue weighted by Crippen LogP contribution is -2.51. The SMILES string of the molecule is CCN(CC)C(=O)c1ccc(NC2CNC2)cc1Cl. The Morgan fingerprint density at radius 2 is 2.11 bits per heavy atom. The number of carbonyl (C=O) groups excluding carboxylic acids is 1. The topological polar surface area (TPSA) is 44.4 Å². The van der Waals surface area contributed by atoms with E-state index in [1.54, 1.807) is 11.0 Å². The van der Waals surface area contributed by atoms with Crippen LogP contribution in [0.3, 0.4) is 0 Å². The van der Waals surface area contributed by atoms with E-state index in [0.717, 1.165) is 18.8 Å². The molecule has 1 fully saturated rings. The Balaban J connectivity index is 2.11. The zero-order chi connectivity index (χ0) is 13.8. The lowest BCUT2D eigenvalue weighted by atomic mass is 10.1. The van der Waals surface area contributed by atoms with Gasteiger partial charge in [-0.15, -0.1) is 0 Å². The first-order valence-electron chi connectivity index (χ1n) is 6.71. The molecular formula is C14H20ClN3O. The molecule has 1 heterocycles. The van der Waals surface area contributed by atoms with Crippen LogP contribution < -0.4 is 10.6 Å². The number of anilines is 1. The van der Waals surface area contributed by atoms with E-state index in [0.29, 0.717) is 29.7 Å². The molecule has 1 saturated heterocycles. The molecule has 0 spiro atoms. The van der Waals surface area contributed by atoms with Crippen LogP contribution in [0, 0.1) is 0 Å². The van der Waals surface area contributed by atoms with Crippen molar-refractivity contribution < 1.29 is 4.79 Å². The first-order valence-corrected chi connectivity index (χ1v) is 7.09. The van der Waals surface area contributed by atoms with E-state index < -0.39 is 0 Å². The Bertz CT molecular complexity index is 456. The van der Waals surface area contributed by atoms with Gasteiger partial charge >= 0.3 is 0 Å². The van der Waals surface area contributed by atoms with Gasteiger partial charge in [0.2, 0.25) is 0 Å². The van der Waals surface area contributed by atoms with Gasteiger partial charge in [0, 0.05) is 31.9 Å². The third kappa shape index (κ3) is 3.19. The Morgan fingerprint density at radius 1 is 1.42 bits per heavy atom. The molecule has 2 N–H and O–H groups in total. The Labute approximate surface area is 119 Å². The van der Waals surface area contributed by atoms with Crippen molar-refractivity contribution in [3.63, 3.8) is 0 Å². The molecule has 4 nitrogen and oxygen atoms in total. The lowest BCUT2D eigenvalue weighted by molar-refractivity contribution is 0.0773. The van der Waals surface area contributed by atoms with Crippen molar-refractivity contribution in [3.05, 3.63) is 28.8 Å². The number of rotatable bonds is 5. The number of nitrogens with one attached hydrogen (secondary N) is 2. The van der Waals surface area contributed by atoms with Crippen molar-refractivity contribution in [2.24, 2.45) is 0 Å². The zero-order valence-electron chi connectivity index (χ0n) is 11.4. The van der Waals surface area contributed by atoms with Gasteiger partial charge in [-0.2, -0.15) is 0 Å². The molecule has 0 saturated carbocycles. The minimum Gasteiger partial charge on any atom is -0.380 e. The number of hydrogen-bond donors (Lipinski definition) is 2. The van der Waals surface area contributed by atoms with Gasteiger partial charge in [0.25, 0.3) is 5.91 Å². The maximum Gasteiger partial charge on any atom is 0.255 e. The van der Waals surface area contributed by atoms with Crippen LogP contribution in [0.25, 0.3) is 0 Å². The fourth-order valence-corrected chi connectivity index (χ4v) is 2.35. The summed E-state index contributed by atoms with van der Waals surface area (Å²) in [5.74, 6) is -0.00754. The molecule has 1 aliphatic rings. The minimum absolute atomic E-state index is 0.00754. The van der Waals surface area contributed by atoms with Crippen molar-refractivity contribution in [2.45, 2.75) is 19.9 Å². The monoisotopic (exact) mass is 281 g/mol. The highest BCUT2D eigenvalue weighted by Gasteiger charge is 2.18. The molecule has 0 unspecified atom stereocenters. The maximum atomic E-state index is 12.2. The lowest BCUT2D eigenvalue weighted by Gasteiger charge is -2.29. The average Bonchev–Trinajstić information content (AvgIpc) is 2.35. The van der Waals surface area contributed by atoms with Crippen molar-refractivity contribution in [1.82, 2.24) is 10.2 Å². The van der Waals surface area contributed by atoms with Gasteiger partial charge in [0.15, 0.2) is 0 Å². The van der Waals surface area contributed by atoms with E-state index in [4.69, 9.17) is 11.6 Å². The van der Waals surface area contributed by atoms with Crippen LogP contribution in [-0.2, 0) is 0 Å². The normalized spacial score (nSPS) is 14.9. The molecule has 1 aromatic rings. The van der Waals surface area contributed by atoms with Gasteiger partial charge in [-0.1, -0.05) is 11.6 Å². The summed E-state index contributed by atoms with van der Waals surface area (Å²) in [6.45, 7) is 7.26. The third-order valence-electron chi connectivity index (χ3n) is 3.40. The van der Waals surface area contributed by atoms with E-state index >= 15 is 0 Å². The Kier molecular flexibility index (Phi) is 4.66. The van der Waals surface area contributed by atoms with Crippen molar-refractivity contribution in [2.75, 3.05) is 31.5 Å².